The molecule has 0 fully saturated rings. The summed E-state index contributed by atoms with van der Waals surface area (Å²) in [5, 5.41) is 11.8. The highest BCUT2D eigenvalue weighted by atomic mass is 16.5. The molecule has 1 atom stereocenters. The monoisotopic (exact) mass is 265 g/mol. The molecule has 2 N–H and O–H groups in total. The quantitative estimate of drug-likeness (QED) is 0.823. The van der Waals surface area contributed by atoms with Crippen molar-refractivity contribution in [2.75, 3.05) is 13.7 Å². The van der Waals surface area contributed by atoms with Gasteiger partial charge >= 0.3 is 5.97 Å². The average Bonchev–Trinajstić information content (AvgIpc) is 2.35. The van der Waals surface area contributed by atoms with Crippen LogP contribution < -0.4 is 5.32 Å². The van der Waals surface area contributed by atoms with Gasteiger partial charge in [0, 0.05) is 25.3 Å². The van der Waals surface area contributed by atoms with E-state index >= 15 is 0 Å². The molecule has 104 valence electrons. The molecule has 5 heteroatoms. The molecule has 1 amide bonds. The van der Waals surface area contributed by atoms with E-state index in [-0.39, 0.29) is 17.5 Å². The molecule has 0 aromatic heterocycles. The molecule has 1 aromatic rings. The lowest BCUT2D eigenvalue weighted by Crippen LogP contribution is -2.33. The van der Waals surface area contributed by atoms with Crippen LogP contribution in [0.15, 0.2) is 18.2 Å². The van der Waals surface area contributed by atoms with Crippen LogP contribution in [0.5, 0.6) is 0 Å². The van der Waals surface area contributed by atoms with E-state index in [1.54, 1.807) is 20.1 Å². The molecule has 0 aliphatic heterocycles. The summed E-state index contributed by atoms with van der Waals surface area (Å²) in [7, 11) is 1.61. The van der Waals surface area contributed by atoms with Gasteiger partial charge in [-0.15, -0.1) is 0 Å². The van der Waals surface area contributed by atoms with E-state index in [1.165, 1.54) is 12.1 Å². The summed E-state index contributed by atoms with van der Waals surface area (Å²) >= 11 is 0. The molecule has 0 spiro atoms. The Bertz CT molecular complexity index is 471. The van der Waals surface area contributed by atoms with Gasteiger partial charge in [0.05, 0.1) is 5.56 Å². The van der Waals surface area contributed by atoms with Crippen molar-refractivity contribution in [3.05, 3.63) is 34.9 Å². The number of carboxylic acids is 1. The van der Waals surface area contributed by atoms with Crippen molar-refractivity contribution in [1.29, 1.82) is 0 Å². The maximum atomic E-state index is 12.0. The largest absolute Gasteiger partial charge is 0.478 e. The van der Waals surface area contributed by atoms with Crippen LogP contribution in [-0.2, 0) is 4.74 Å². The van der Waals surface area contributed by atoms with Gasteiger partial charge in [-0.25, -0.2) is 4.79 Å². The van der Waals surface area contributed by atoms with Gasteiger partial charge < -0.3 is 15.2 Å². The highest BCUT2D eigenvalue weighted by Crippen LogP contribution is 2.10. The zero-order chi connectivity index (χ0) is 14.4. The van der Waals surface area contributed by atoms with Crippen molar-refractivity contribution < 1.29 is 19.4 Å². The number of aromatic carboxylic acids is 1. The van der Waals surface area contributed by atoms with Gasteiger partial charge in [-0.05, 0) is 44.0 Å². The van der Waals surface area contributed by atoms with Gasteiger partial charge in [0.2, 0.25) is 0 Å². The molecule has 1 aromatic carbocycles. The first-order valence-electron chi connectivity index (χ1n) is 6.09. The number of carboxylic acid groups (broad SMARTS) is 1. The third kappa shape index (κ3) is 4.71. The fraction of sp³-hybridized carbons (Fsp3) is 0.429. The number of hydrogen-bond donors (Lipinski definition) is 2. The standard InChI is InChI=1S/C14H19NO4/c1-9-6-11(8-12(7-9)14(17)18)13(16)15-10(2)4-5-19-3/h6-8,10H,4-5H2,1-3H3,(H,15,16)(H,17,18). The van der Waals surface area contributed by atoms with Crippen molar-refractivity contribution in [1.82, 2.24) is 5.32 Å². The second kappa shape index (κ2) is 6.89. The predicted molar refractivity (Wildman–Crippen MR) is 71.6 cm³/mol. The lowest BCUT2D eigenvalue weighted by molar-refractivity contribution is 0.0696. The highest BCUT2D eigenvalue weighted by molar-refractivity contribution is 5.97. The fourth-order valence-corrected chi connectivity index (χ4v) is 1.71. The van der Waals surface area contributed by atoms with Gasteiger partial charge in [0.25, 0.3) is 5.91 Å². The number of rotatable bonds is 6. The average molecular weight is 265 g/mol. The summed E-state index contributed by atoms with van der Waals surface area (Å²) in [5.74, 6) is -1.31. The molecule has 0 bridgehead atoms. The van der Waals surface area contributed by atoms with E-state index in [0.717, 1.165) is 5.56 Å². The number of hydrogen-bond acceptors (Lipinski definition) is 3. The number of aryl methyl sites for hydroxylation is 1. The molecule has 5 nitrogen and oxygen atoms in total. The minimum Gasteiger partial charge on any atom is -0.478 e. The SMILES string of the molecule is COCCC(C)NC(=O)c1cc(C)cc(C(=O)O)c1. The number of carbonyl (C=O) groups excluding carboxylic acids is 1. The van der Waals surface area contributed by atoms with E-state index < -0.39 is 5.97 Å². The van der Waals surface area contributed by atoms with Crippen LogP contribution in [0, 0.1) is 6.92 Å². The van der Waals surface area contributed by atoms with E-state index in [1.807, 2.05) is 6.92 Å². The van der Waals surface area contributed by atoms with Crippen molar-refractivity contribution in [3.8, 4) is 0 Å². The van der Waals surface area contributed by atoms with Crippen LogP contribution in [0.4, 0.5) is 0 Å². The predicted octanol–water partition coefficient (Wildman–Crippen LogP) is 1.85. The van der Waals surface area contributed by atoms with E-state index in [2.05, 4.69) is 5.32 Å². The highest BCUT2D eigenvalue weighted by Gasteiger charge is 2.13. The number of nitrogens with one attached hydrogen (secondary N) is 1. The number of benzene rings is 1. The smallest absolute Gasteiger partial charge is 0.335 e. The Labute approximate surface area is 112 Å². The number of carbonyl (C=O) groups is 2. The molecular formula is C14H19NO4. The van der Waals surface area contributed by atoms with Crippen LogP contribution in [0.1, 0.15) is 39.6 Å². The molecular weight excluding hydrogens is 246 g/mol. The summed E-state index contributed by atoms with van der Waals surface area (Å²) < 4.78 is 4.94. The van der Waals surface area contributed by atoms with Gasteiger partial charge in [-0.3, -0.25) is 4.79 Å². The van der Waals surface area contributed by atoms with Crippen LogP contribution >= 0.6 is 0 Å². The number of ether oxygens (including phenoxy) is 1. The Balaban J connectivity index is 2.79. The first kappa shape index (κ1) is 15.2. The maximum absolute atomic E-state index is 12.0. The minimum atomic E-state index is -1.04. The van der Waals surface area contributed by atoms with Gasteiger partial charge in [-0.2, -0.15) is 0 Å². The van der Waals surface area contributed by atoms with E-state index in [9.17, 15) is 9.59 Å². The van der Waals surface area contributed by atoms with Crippen LogP contribution in [0.3, 0.4) is 0 Å². The Morgan fingerprint density at radius 3 is 2.53 bits per heavy atom. The number of methoxy groups -OCH3 is 1. The van der Waals surface area contributed by atoms with Crippen molar-refractivity contribution in [2.45, 2.75) is 26.3 Å². The van der Waals surface area contributed by atoms with E-state index in [4.69, 9.17) is 9.84 Å². The second-order valence-electron chi connectivity index (χ2n) is 4.55. The van der Waals surface area contributed by atoms with Gasteiger partial charge in [-0.1, -0.05) is 0 Å². The molecule has 19 heavy (non-hydrogen) atoms. The summed E-state index contributed by atoms with van der Waals surface area (Å²) in [6, 6.07) is 4.56. The first-order chi connectivity index (χ1) is 8.93. The summed E-state index contributed by atoms with van der Waals surface area (Å²) in [5.41, 5.74) is 1.23. The molecule has 0 heterocycles. The Morgan fingerprint density at radius 2 is 1.95 bits per heavy atom. The Hall–Kier alpha value is -1.88. The zero-order valence-electron chi connectivity index (χ0n) is 11.4. The third-order valence-electron chi connectivity index (χ3n) is 2.72. The molecule has 0 saturated carbocycles. The summed E-state index contributed by atoms with van der Waals surface area (Å²) in [6.45, 7) is 4.21. The zero-order valence-corrected chi connectivity index (χ0v) is 11.4. The van der Waals surface area contributed by atoms with Crippen LogP contribution in [-0.4, -0.2) is 36.7 Å². The fourth-order valence-electron chi connectivity index (χ4n) is 1.71. The lowest BCUT2D eigenvalue weighted by Gasteiger charge is -2.14. The van der Waals surface area contributed by atoms with Crippen LogP contribution in [0.2, 0.25) is 0 Å². The minimum absolute atomic E-state index is 0.0266. The normalized spacial score (nSPS) is 11.9. The lowest BCUT2D eigenvalue weighted by atomic mass is 10.1. The van der Waals surface area contributed by atoms with Crippen molar-refractivity contribution in [3.63, 3.8) is 0 Å². The second-order valence-corrected chi connectivity index (χ2v) is 4.55. The first-order valence-corrected chi connectivity index (χ1v) is 6.09. The van der Waals surface area contributed by atoms with Crippen molar-refractivity contribution in [2.24, 2.45) is 0 Å². The Morgan fingerprint density at radius 1 is 1.32 bits per heavy atom. The molecule has 0 radical (unpaired) electrons. The van der Waals surface area contributed by atoms with E-state index in [0.29, 0.717) is 18.6 Å². The third-order valence-corrected chi connectivity index (χ3v) is 2.72. The molecule has 1 rings (SSSR count). The van der Waals surface area contributed by atoms with Gasteiger partial charge in [0.1, 0.15) is 0 Å². The topological polar surface area (TPSA) is 75.6 Å². The number of amides is 1. The van der Waals surface area contributed by atoms with Crippen molar-refractivity contribution >= 4 is 11.9 Å². The summed E-state index contributed by atoms with van der Waals surface area (Å²) in [6.07, 6.45) is 0.708. The van der Waals surface area contributed by atoms with Gasteiger partial charge in [0.15, 0.2) is 0 Å². The van der Waals surface area contributed by atoms with Crippen LogP contribution in [0.25, 0.3) is 0 Å². The summed E-state index contributed by atoms with van der Waals surface area (Å²) in [4.78, 5) is 22.9. The maximum Gasteiger partial charge on any atom is 0.335 e. The molecule has 0 aliphatic rings. The molecule has 0 aliphatic carbocycles. The molecule has 0 saturated heterocycles. The Kier molecular flexibility index (Phi) is 5.51. The molecule has 1 unspecified atom stereocenters.